The maximum absolute atomic E-state index is 11.0. The topological polar surface area (TPSA) is 92.4 Å². The number of anilines is 1. The summed E-state index contributed by atoms with van der Waals surface area (Å²) in [6, 6.07) is 4.30. The van der Waals surface area contributed by atoms with Crippen LogP contribution in [0.4, 0.5) is 5.69 Å². The molecular formula is C13H18N2O3. The molecule has 0 aliphatic rings. The molecule has 1 unspecified atom stereocenters. The van der Waals surface area contributed by atoms with Crippen molar-refractivity contribution in [2.75, 3.05) is 5.32 Å². The van der Waals surface area contributed by atoms with Crippen LogP contribution in [0.1, 0.15) is 35.7 Å². The number of rotatable bonds is 6. The van der Waals surface area contributed by atoms with Gasteiger partial charge in [0.15, 0.2) is 0 Å². The molecule has 1 amide bonds. The second kappa shape index (κ2) is 6.05. The molecule has 0 fully saturated rings. The molecule has 0 bridgehead atoms. The zero-order valence-corrected chi connectivity index (χ0v) is 10.6. The Morgan fingerprint density at radius 2 is 2.11 bits per heavy atom. The molecule has 0 radical (unpaired) electrons. The van der Waals surface area contributed by atoms with Gasteiger partial charge in [0, 0.05) is 11.3 Å². The largest absolute Gasteiger partial charge is 0.480 e. The molecule has 1 aromatic rings. The zero-order valence-electron chi connectivity index (χ0n) is 10.6. The van der Waals surface area contributed by atoms with Crippen molar-refractivity contribution in [3.63, 3.8) is 0 Å². The smallest absolute Gasteiger partial charge is 0.326 e. The van der Waals surface area contributed by atoms with Crippen LogP contribution in [0.2, 0.25) is 0 Å². The van der Waals surface area contributed by atoms with Crippen LogP contribution in [-0.2, 0) is 4.79 Å². The molecule has 1 rings (SSSR count). The number of benzene rings is 1. The van der Waals surface area contributed by atoms with E-state index < -0.39 is 17.9 Å². The van der Waals surface area contributed by atoms with Crippen molar-refractivity contribution in [1.82, 2.24) is 0 Å². The summed E-state index contributed by atoms with van der Waals surface area (Å²) in [5.74, 6) is -1.37. The van der Waals surface area contributed by atoms with Gasteiger partial charge in [-0.15, -0.1) is 0 Å². The fourth-order valence-electron chi connectivity index (χ4n) is 1.71. The second-order valence-corrected chi connectivity index (χ2v) is 4.22. The Morgan fingerprint density at radius 1 is 1.44 bits per heavy atom. The molecule has 98 valence electrons. The number of nitrogens with one attached hydrogen (secondary N) is 1. The third kappa shape index (κ3) is 3.48. The van der Waals surface area contributed by atoms with Gasteiger partial charge >= 0.3 is 5.97 Å². The van der Waals surface area contributed by atoms with Crippen molar-refractivity contribution in [2.45, 2.75) is 32.7 Å². The number of hydrogen-bond acceptors (Lipinski definition) is 3. The number of aliphatic carboxylic acids is 1. The Kier molecular flexibility index (Phi) is 4.71. The summed E-state index contributed by atoms with van der Waals surface area (Å²) in [5, 5.41) is 12.0. The standard InChI is InChI=1S/C13H18N2O3/c1-3-4-11(13(17)18)15-10-6-5-9(12(14)16)7-8(10)2/h5-7,11,15H,3-4H2,1-2H3,(H2,14,16)(H,17,18). The molecule has 18 heavy (non-hydrogen) atoms. The number of hydrogen-bond donors (Lipinski definition) is 3. The lowest BCUT2D eigenvalue weighted by molar-refractivity contribution is -0.138. The number of carboxylic acids is 1. The van der Waals surface area contributed by atoms with E-state index in [4.69, 9.17) is 10.8 Å². The molecular weight excluding hydrogens is 232 g/mol. The summed E-state index contributed by atoms with van der Waals surface area (Å²) in [6.07, 6.45) is 1.33. The Labute approximate surface area is 106 Å². The molecule has 0 aliphatic heterocycles. The predicted molar refractivity (Wildman–Crippen MR) is 69.7 cm³/mol. The van der Waals surface area contributed by atoms with Crippen LogP contribution in [-0.4, -0.2) is 23.0 Å². The minimum atomic E-state index is -0.879. The summed E-state index contributed by atoms with van der Waals surface area (Å²) >= 11 is 0. The van der Waals surface area contributed by atoms with Crippen LogP contribution >= 0.6 is 0 Å². The number of carboxylic acid groups (broad SMARTS) is 1. The summed E-state index contributed by atoms with van der Waals surface area (Å²) in [6.45, 7) is 3.74. The van der Waals surface area contributed by atoms with E-state index in [1.54, 1.807) is 25.1 Å². The number of carbonyl (C=O) groups is 2. The van der Waals surface area contributed by atoms with Crippen LogP contribution in [0, 0.1) is 6.92 Å². The molecule has 0 aromatic heterocycles. The number of aryl methyl sites for hydroxylation is 1. The van der Waals surface area contributed by atoms with Gasteiger partial charge in [0.05, 0.1) is 0 Å². The van der Waals surface area contributed by atoms with E-state index in [0.29, 0.717) is 17.7 Å². The van der Waals surface area contributed by atoms with Gasteiger partial charge in [0.25, 0.3) is 0 Å². The van der Waals surface area contributed by atoms with Crippen LogP contribution in [0.5, 0.6) is 0 Å². The predicted octanol–water partition coefficient (Wildman–Crippen LogP) is 1.76. The minimum Gasteiger partial charge on any atom is -0.480 e. The second-order valence-electron chi connectivity index (χ2n) is 4.22. The molecule has 0 spiro atoms. The highest BCUT2D eigenvalue weighted by Gasteiger charge is 2.16. The van der Waals surface area contributed by atoms with Crippen molar-refractivity contribution in [1.29, 1.82) is 0 Å². The van der Waals surface area contributed by atoms with Gasteiger partial charge in [-0.1, -0.05) is 13.3 Å². The Balaban J connectivity index is 2.90. The van der Waals surface area contributed by atoms with Gasteiger partial charge in [-0.3, -0.25) is 4.79 Å². The van der Waals surface area contributed by atoms with Crippen molar-refractivity contribution in [3.05, 3.63) is 29.3 Å². The molecule has 0 aliphatic carbocycles. The molecule has 1 atom stereocenters. The van der Waals surface area contributed by atoms with Gasteiger partial charge in [0.1, 0.15) is 6.04 Å². The van der Waals surface area contributed by atoms with E-state index in [-0.39, 0.29) is 0 Å². The quantitative estimate of drug-likeness (QED) is 0.717. The lowest BCUT2D eigenvalue weighted by Crippen LogP contribution is -2.29. The fourth-order valence-corrected chi connectivity index (χ4v) is 1.71. The van der Waals surface area contributed by atoms with Crippen molar-refractivity contribution < 1.29 is 14.7 Å². The number of carbonyl (C=O) groups excluding carboxylic acids is 1. The van der Waals surface area contributed by atoms with Crippen LogP contribution < -0.4 is 11.1 Å². The molecule has 4 N–H and O–H groups in total. The SMILES string of the molecule is CCCC(Nc1ccc(C(N)=O)cc1C)C(=O)O. The normalized spacial score (nSPS) is 11.9. The molecule has 5 heteroatoms. The Morgan fingerprint density at radius 3 is 2.56 bits per heavy atom. The maximum atomic E-state index is 11.0. The third-order valence-electron chi connectivity index (χ3n) is 2.72. The van der Waals surface area contributed by atoms with E-state index in [0.717, 1.165) is 12.0 Å². The Hall–Kier alpha value is -2.04. The first-order chi connectivity index (χ1) is 8.45. The zero-order chi connectivity index (χ0) is 13.7. The molecule has 0 heterocycles. The highest BCUT2D eigenvalue weighted by atomic mass is 16.4. The lowest BCUT2D eigenvalue weighted by Gasteiger charge is -2.17. The van der Waals surface area contributed by atoms with E-state index in [2.05, 4.69) is 5.32 Å². The highest BCUT2D eigenvalue weighted by Crippen LogP contribution is 2.18. The fraction of sp³-hybridized carbons (Fsp3) is 0.385. The summed E-state index contributed by atoms with van der Waals surface area (Å²) in [5.41, 5.74) is 7.10. The summed E-state index contributed by atoms with van der Waals surface area (Å²) in [7, 11) is 0. The van der Waals surface area contributed by atoms with Gasteiger partial charge in [-0.2, -0.15) is 0 Å². The van der Waals surface area contributed by atoms with Crippen molar-refractivity contribution in [2.24, 2.45) is 5.73 Å². The van der Waals surface area contributed by atoms with E-state index >= 15 is 0 Å². The van der Waals surface area contributed by atoms with E-state index in [1.807, 2.05) is 6.92 Å². The Bertz CT molecular complexity index is 458. The van der Waals surface area contributed by atoms with E-state index in [1.165, 1.54) is 0 Å². The number of amides is 1. The molecule has 1 aromatic carbocycles. The van der Waals surface area contributed by atoms with Gasteiger partial charge in [0.2, 0.25) is 5.91 Å². The van der Waals surface area contributed by atoms with Gasteiger partial charge in [-0.25, -0.2) is 4.79 Å². The maximum Gasteiger partial charge on any atom is 0.326 e. The molecule has 0 saturated carbocycles. The average Bonchev–Trinajstić information content (AvgIpc) is 2.30. The number of nitrogens with two attached hydrogens (primary N) is 1. The minimum absolute atomic E-state index is 0.417. The first-order valence-electron chi connectivity index (χ1n) is 5.85. The van der Waals surface area contributed by atoms with Crippen molar-refractivity contribution in [3.8, 4) is 0 Å². The highest BCUT2D eigenvalue weighted by molar-refractivity contribution is 5.93. The lowest BCUT2D eigenvalue weighted by atomic mass is 10.1. The third-order valence-corrected chi connectivity index (χ3v) is 2.72. The monoisotopic (exact) mass is 250 g/mol. The van der Waals surface area contributed by atoms with E-state index in [9.17, 15) is 9.59 Å². The first-order valence-corrected chi connectivity index (χ1v) is 5.85. The summed E-state index contributed by atoms with van der Waals surface area (Å²) in [4.78, 5) is 22.0. The number of primary amides is 1. The average molecular weight is 250 g/mol. The molecule has 0 saturated heterocycles. The van der Waals surface area contributed by atoms with Crippen LogP contribution in [0.3, 0.4) is 0 Å². The van der Waals surface area contributed by atoms with Crippen LogP contribution in [0.15, 0.2) is 18.2 Å². The molecule has 5 nitrogen and oxygen atoms in total. The van der Waals surface area contributed by atoms with Gasteiger partial charge < -0.3 is 16.2 Å². The first kappa shape index (κ1) is 14.0. The van der Waals surface area contributed by atoms with Crippen molar-refractivity contribution >= 4 is 17.6 Å². The van der Waals surface area contributed by atoms with Gasteiger partial charge in [-0.05, 0) is 37.1 Å². The van der Waals surface area contributed by atoms with Crippen LogP contribution in [0.25, 0.3) is 0 Å². The summed E-state index contributed by atoms with van der Waals surface area (Å²) < 4.78 is 0.